The molecule has 0 aromatic carbocycles. The van der Waals surface area contributed by atoms with Crippen molar-refractivity contribution in [1.29, 1.82) is 0 Å². The van der Waals surface area contributed by atoms with Gasteiger partial charge in [0.1, 0.15) is 5.67 Å². The van der Waals surface area contributed by atoms with Gasteiger partial charge >= 0.3 is 5.97 Å². The second kappa shape index (κ2) is 2.18. The molecule has 0 aliphatic carbocycles. The average molecular weight is 152 g/mol. The molecule has 0 radical (unpaired) electrons. The molecule has 0 spiro atoms. The van der Waals surface area contributed by atoms with E-state index in [0.29, 0.717) is 6.92 Å². The van der Waals surface area contributed by atoms with Gasteiger partial charge in [0.2, 0.25) is 5.67 Å². The lowest BCUT2D eigenvalue weighted by Crippen LogP contribution is -2.46. The summed E-state index contributed by atoms with van der Waals surface area (Å²) in [5, 5.41) is 8.16. The van der Waals surface area contributed by atoms with E-state index in [1.54, 1.807) is 0 Å². The van der Waals surface area contributed by atoms with Gasteiger partial charge in [0.05, 0.1) is 0 Å². The minimum atomic E-state index is -2.81. The van der Waals surface area contributed by atoms with Crippen LogP contribution in [0.2, 0.25) is 0 Å². The fraction of sp³-hybridized carbons (Fsp3) is 0.833. The first-order valence-corrected chi connectivity index (χ1v) is 2.81. The van der Waals surface area contributed by atoms with E-state index in [0.717, 1.165) is 13.8 Å². The highest BCUT2D eigenvalue weighted by molar-refractivity contribution is 5.78. The van der Waals surface area contributed by atoms with E-state index in [1.165, 1.54) is 0 Å². The maximum absolute atomic E-state index is 12.7. The molecule has 1 N–H and O–H groups in total. The lowest BCUT2D eigenvalue weighted by atomic mass is 9.92. The van der Waals surface area contributed by atoms with Crippen molar-refractivity contribution in [2.45, 2.75) is 32.1 Å². The molecule has 0 heterocycles. The number of carbonyl (C=O) groups is 1. The molecule has 0 rings (SSSR count). The van der Waals surface area contributed by atoms with E-state index in [-0.39, 0.29) is 0 Å². The molecular weight excluding hydrogens is 142 g/mol. The number of carboxylic acid groups (broad SMARTS) is 1. The molecule has 0 saturated heterocycles. The van der Waals surface area contributed by atoms with Crippen molar-refractivity contribution < 1.29 is 18.7 Å². The molecule has 10 heavy (non-hydrogen) atoms. The van der Waals surface area contributed by atoms with Crippen molar-refractivity contribution in [3.8, 4) is 0 Å². The Bertz CT molecular complexity index is 146. The molecule has 0 aromatic rings. The molecule has 0 amide bonds. The number of rotatable bonds is 2. The first-order chi connectivity index (χ1) is 4.19. The van der Waals surface area contributed by atoms with Crippen LogP contribution in [0.1, 0.15) is 20.8 Å². The summed E-state index contributed by atoms with van der Waals surface area (Å²) >= 11 is 0. The minimum Gasteiger partial charge on any atom is -0.479 e. The maximum atomic E-state index is 12.7. The highest BCUT2D eigenvalue weighted by Gasteiger charge is 2.49. The van der Waals surface area contributed by atoms with Crippen LogP contribution in [0.25, 0.3) is 0 Å². The van der Waals surface area contributed by atoms with Crippen LogP contribution in [0.3, 0.4) is 0 Å². The summed E-state index contributed by atoms with van der Waals surface area (Å²) in [6, 6.07) is 0. The lowest BCUT2D eigenvalue weighted by molar-refractivity contribution is -0.159. The van der Waals surface area contributed by atoms with Crippen molar-refractivity contribution in [2.75, 3.05) is 0 Å². The first kappa shape index (κ1) is 9.33. The molecule has 0 aliphatic rings. The Morgan fingerprint density at radius 2 is 1.60 bits per heavy atom. The summed E-state index contributed by atoms with van der Waals surface area (Å²) in [4.78, 5) is 10.1. The largest absolute Gasteiger partial charge is 0.479 e. The van der Waals surface area contributed by atoms with Crippen LogP contribution >= 0.6 is 0 Å². The van der Waals surface area contributed by atoms with E-state index in [4.69, 9.17) is 5.11 Å². The summed E-state index contributed by atoms with van der Waals surface area (Å²) < 4.78 is 25.4. The van der Waals surface area contributed by atoms with Gasteiger partial charge in [-0.05, 0) is 20.8 Å². The van der Waals surface area contributed by atoms with Crippen LogP contribution in [-0.2, 0) is 4.79 Å². The van der Waals surface area contributed by atoms with E-state index in [1.807, 2.05) is 0 Å². The van der Waals surface area contributed by atoms with Gasteiger partial charge in [0, 0.05) is 0 Å². The van der Waals surface area contributed by atoms with Crippen molar-refractivity contribution in [2.24, 2.45) is 0 Å². The topological polar surface area (TPSA) is 37.3 Å². The summed E-state index contributed by atoms with van der Waals surface area (Å²) in [5.41, 5.74) is -5.16. The number of hydrogen-bond acceptors (Lipinski definition) is 1. The number of hydrogen-bond donors (Lipinski definition) is 1. The average Bonchev–Trinajstić information content (AvgIpc) is 1.62. The van der Waals surface area contributed by atoms with Crippen LogP contribution in [0.4, 0.5) is 8.78 Å². The van der Waals surface area contributed by atoms with Gasteiger partial charge < -0.3 is 5.11 Å². The molecule has 1 unspecified atom stereocenters. The molecule has 0 bridgehead atoms. The Morgan fingerprint density at radius 3 is 1.60 bits per heavy atom. The number of aliphatic carboxylic acids is 1. The maximum Gasteiger partial charge on any atom is 0.344 e. The summed E-state index contributed by atoms with van der Waals surface area (Å²) in [6.07, 6.45) is 0. The van der Waals surface area contributed by atoms with E-state index in [2.05, 4.69) is 0 Å². The Labute approximate surface area is 57.9 Å². The molecule has 0 aliphatic heterocycles. The van der Waals surface area contributed by atoms with Gasteiger partial charge in [-0.1, -0.05) is 0 Å². The second-order valence-electron chi connectivity index (χ2n) is 2.78. The molecule has 2 nitrogen and oxygen atoms in total. The van der Waals surface area contributed by atoms with Crippen molar-refractivity contribution >= 4 is 5.97 Å². The SMILES string of the molecule is CC(C)(F)C(C)(F)C(=O)O. The van der Waals surface area contributed by atoms with Crippen molar-refractivity contribution in [3.63, 3.8) is 0 Å². The summed E-state index contributed by atoms with van der Waals surface area (Å²) in [6.45, 7) is 2.48. The second-order valence-corrected chi connectivity index (χ2v) is 2.78. The molecule has 0 fully saturated rings. The summed E-state index contributed by atoms with van der Waals surface area (Å²) in [7, 11) is 0. The normalized spacial score (nSPS) is 18.1. The molecule has 60 valence electrons. The van der Waals surface area contributed by atoms with E-state index >= 15 is 0 Å². The Kier molecular flexibility index (Phi) is 2.03. The van der Waals surface area contributed by atoms with Crippen LogP contribution in [0.5, 0.6) is 0 Å². The monoisotopic (exact) mass is 152 g/mol. The van der Waals surface area contributed by atoms with E-state index in [9.17, 15) is 13.6 Å². The fourth-order valence-corrected chi connectivity index (χ4v) is 0.254. The van der Waals surface area contributed by atoms with Crippen LogP contribution < -0.4 is 0 Å². The quantitative estimate of drug-likeness (QED) is 0.651. The molecular formula is C6H10F2O2. The van der Waals surface area contributed by atoms with Gasteiger partial charge in [0.25, 0.3) is 0 Å². The third-order valence-electron chi connectivity index (χ3n) is 1.52. The molecule has 1 atom stereocenters. The first-order valence-electron chi connectivity index (χ1n) is 2.81. The summed E-state index contributed by atoms with van der Waals surface area (Å²) in [5.74, 6) is -1.78. The fourth-order valence-electron chi connectivity index (χ4n) is 0.254. The van der Waals surface area contributed by atoms with Gasteiger partial charge in [-0.2, -0.15) is 0 Å². The number of carboxylic acids is 1. The predicted molar refractivity (Wildman–Crippen MR) is 32.3 cm³/mol. The molecule has 0 aromatic heterocycles. The Balaban J connectivity index is 4.57. The van der Waals surface area contributed by atoms with Gasteiger partial charge in [0.15, 0.2) is 0 Å². The van der Waals surface area contributed by atoms with Gasteiger partial charge in [-0.25, -0.2) is 13.6 Å². The molecule has 0 saturated carbocycles. The number of halogens is 2. The zero-order chi connectivity index (χ0) is 8.58. The van der Waals surface area contributed by atoms with Gasteiger partial charge in [-0.15, -0.1) is 0 Å². The van der Waals surface area contributed by atoms with Crippen molar-refractivity contribution in [3.05, 3.63) is 0 Å². The predicted octanol–water partition coefficient (Wildman–Crippen LogP) is 1.55. The smallest absolute Gasteiger partial charge is 0.344 e. The Hall–Kier alpha value is -0.670. The number of alkyl halides is 2. The zero-order valence-electron chi connectivity index (χ0n) is 6.11. The zero-order valence-corrected chi connectivity index (χ0v) is 6.11. The highest BCUT2D eigenvalue weighted by atomic mass is 19.2. The van der Waals surface area contributed by atoms with Crippen molar-refractivity contribution in [1.82, 2.24) is 0 Å². The minimum absolute atomic E-state index is 0.704. The lowest BCUT2D eigenvalue weighted by Gasteiger charge is -2.25. The highest BCUT2D eigenvalue weighted by Crippen LogP contribution is 2.29. The standard InChI is InChI=1S/C6H10F2O2/c1-5(2,7)6(3,8)4(9)10/h1-3H3,(H,9,10). The third kappa shape index (κ3) is 1.43. The third-order valence-corrected chi connectivity index (χ3v) is 1.52. The van der Waals surface area contributed by atoms with Gasteiger partial charge in [-0.3, -0.25) is 0 Å². The Morgan fingerprint density at radius 1 is 1.30 bits per heavy atom. The van der Waals surface area contributed by atoms with Crippen LogP contribution in [0.15, 0.2) is 0 Å². The van der Waals surface area contributed by atoms with E-state index < -0.39 is 17.3 Å². The molecule has 4 heteroatoms. The van der Waals surface area contributed by atoms with Crippen LogP contribution in [-0.4, -0.2) is 22.4 Å². The van der Waals surface area contributed by atoms with Crippen LogP contribution in [0, 0.1) is 0 Å².